The van der Waals surface area contributed by atoms with Crippen LogP contribution < -0.4 is 13.8 Å². The molecule has 1 heterocycles. The van der Waals surface area contributed by atoms with Crippen molar-refractivity contribution in [2.45, 2.75) is 4.90 Å². The van der Waals surface area contributed by atoms with Crippen molar-refractivity contribution < 1.29 is 26.0 Å². The van der Waals surface area contributed by atoms with Crippen molar-refractivity contribution in [2.24, 2.45) is 0 Å². The molecule has 0 radical (unpaired) electrons. The molecule has 10 heteroatoms. The zero-order valence-electron chi connectivity index (χ0n) is 13.1. The second-order valence-corrected chi connectivity index (χ2v) is 9.01. The van der Waals surface area contributed by atoms with E-state index in [9.17, 15) is 21.2 Å². The molecule has 0 unspecified atom stereocenters. The fourth-order valence-electron chi connectivity index (χ4n) is 2.43. The van der Waals surface area contributed by atoms with E-state index in [0.717, 1.165) is 34.8 Å². The molecule has 25 heavy (non-hydrogen) atoms. The molecular formula is C15H15FN2O5S2. The summed E-state index contributed by atoms with van der Waals surface area (Å²) in [6.45, 7) is 0.348. The van der Waals surface area contributed by atoms with Crippen LogP contribution in [0.5, 0.6) is 5.75 Å². The zero-order valence-corrected chi connectivity index (χ0v) is 14.8. The Bertz CT molecular complexity index is 1000. The summed E-state index contributed by atoms with van der Waals surface area (Å²) in [5.74, 6) is -0.199. The van der Waals surface area contributed by atoms with Crippen LogP contribution in [0.4, 0.5) is 15.8 Å². The van der Waals surface area contributed by atoms with Gasteiger partial charge < -0.3 is 4.74 Å². The van der Waals surface area contributed by atoms with Gasteiger partial charge in [-0.3, -0.25) is 9.03 Å². The van der Waals surface area contributed by atoms with E-state index >= 15 is 0 Å². The number of rotatable bonds is 4. The van der Waals surface area contributed by atoms with Gasteiger partial charge in [-0.1, -0.05) is 0 Å². The molecule has 0 atom stereocenters. The van der Waals surface area contributed by atoms with Crippen molar-refractivity contribution >= 4 is 31.4 Å². The first-order valence-corrected chi connectivity index (χ1v) is 10.5. The van der Waals surface area contributed by atoms with Crippen LogP contribution in [0.3, 0.4) is 0 Å². The van der Waals surface area contributed by atoms with Crippen molar-refractivity contribution in [3.05, 3.63) is 48.3 Å². The molecule has 1 N–H and O–H groups in total. The molecule has 1 aliphatic rings. The highest BCUT2D eigenvalue weighted by atomic mass is 32.2. The lowest BCUT2D eigenvalue weighted by Crippen LogP contribution is -2.37. The van der Waals surface area contributed by atoms with Crippen LogP contribution in [-0.4, -0.2) is 36.2 Å². The number of sulfonamides is 2. The number of anilines is 2. The molecule has 3 rings (SSSR count). The predicted molar refractivity (Wildman–Crippen MR) is 91.3 cm³/mol. The first-order chi connectivity index (χ1) is 11.7. The van der Waals surface area contributed by atoms with Crippen molar-refractivity contribution in [2.75, 3.05) is 28.4 Å². The molecule has 2 aromatic rings. The Kier molecular flexibility index (Phi) is 4.33. The number of ether oxygens (including phenoxy) is 1. The quantitative estimate of drug-likeness (QED) is 0.865. The normalized spacial score (nSPS) is 14.6. The Morgan fingerprint density at radius 2 is 1.76 bits per heavy atom. The second-order valence-electron chi connectivity index (χ2n) is 5.43. The maximum atomic E-state index is 13.0. The van der Waals surface area contributed by atoms with Gasteiger partial charge >= 0.3 is 0 Å². The Hall–Kier alpha value is -2.33. The number of fused-ring (bicyclic) bond motifs is 1. The molecule has 0 amide bonds. The molecule has 0 fully saturated rings. The Labute approximate surface area is 145 Å². The van der Waals surface area contributed by atoms with E-state index in [4.69, 9.17) is 4.74 Å². The van der Waals surface area contributed by atoms with Crippen LogP contribution in [0.1, 0.15) is 0 Å². The third-order valence-corrected chi connectivity index (χ3v) is 6.13. The summed E-state index contributed by atoms with van der Waals surface area (Å²) in [5.41, 5.74) is 0.426. The molecule has 0 bridgehead atoms. The lowest BCUT2D eigenvalue weighted by molar-refractivity contribution is 0.316. The van der Waals surface area contributed by atoms with Gasteiger partial charge in [0.05, 0.1) is 29.1 Å². The molecule has 0 saturated carbocycles. The Morgan fingerprint density at radius 3 is 2.40 bits per heavy atom. The van der Waals surface area contributed by atoms with Gasteiger partial charge in [0, 0.05) is 0 Å². The maximum absolute atomic E-state index is 13.0. The smallest absolute Gasteiger partial charge is 0.261 e. The zero-order chi connectivity index (χ0) is 18.2. The van der Waals surface area contributed by atoms with E-state index in [1.54, 1.807) is 0 Å². The van der Waals surface area contributed by atoms with Gasteiger partial charge in [0.15, 0.2) is 0 Å². The third kappa shape index (κ3) is 3.69. The fraction of sp³-hybridized carbons (Fsp3) is 0.200. The van der Waals surface area contributed by atoms with Gasteiger partial charge in [0.1, 0.15) is 18.2 Å². The molecule has 0 aromatic heterocycles. The summed E-state index contributed by atoms with van der Waals surface area (Å²) < 4.78 is 70.4. The number of benzene rings is 2. The second kappa shape index (κ2) is 6.19. The summed E-state index contributed by atoms with van der Waals surface area (Å²) in [6.07, 6.45) is 1.07. The fourth-order valence-corrected chi connectivity index (χ4v) is 4.38. The van der Waals surface area contributed by atoms with E-state index in [1.807, 2.05) is 0 Å². The van der Waals surface area contributed by atoms with E-state index in [0.29, 0.717) is 5.75 Å². The van der Waals surface area contributed by atoms with Gasteiger partial charge in [-0.15, -0.1) is 0 Å². The van der Waals surface area contributed by atoms with Crippen molar-refractivity contribution in [1.82, 2.24) is 0 Å². The van der Waals surface area contributed by atoms with Crippen molar-refractivity contribution in [3.63, 3.8) is 0 Å². The highest BCUT2D eigenvalue weighted by molar-refractivity contribution is 7.92. The monoisotopic (exact) mass is 386 g/mol. The van der Waals surface area contributed by atoms with E-state index in [2.05, 4.69) is 4.72 Å². The minimum atomic E-state index is -3.94. The SMILES string of the molecule is CS(=O)(=O)N1CCOc2ccc(NS(=O)(=O)c3ccc(F)cc3)cc21. The highest BCUT2D eigenvalue weighted by Crippen LogP contribution is 2.36. The summed E-state index contributed by atoms with van der Waals surface area (Å²) in [6, 6.07) is 8.71. The largest absolute Gasteiger partial charge is 0.489 e. The number of hydrogen-bond acceptors (Lipinski definition) is 5. The van der Waals surface area contributed by atoms with E-state index < -0.39 is 25.9 Å². The van der Waals surface area contributed by atoms with Gasteiger partial charge in [-0.2, -0.15) is 0 Å². The van der Waals surface area contributed by atoms with Crippen LogP contribution in [0, 0.1) is 5.82 Å². The molecule has 2 aromatic carbocycles. The first kappa shape index (κ1) is 17.5. The number of halogens is 1. The average Bonchev–Trinajstić information content (AvgIpc) is 2.53. The molecule has 1 aliphatic heterocycles. The molecule has 134 valence electrons. The molecule has 7 nitrogen and oxygen atoms in total. The average molecular weight is 386 g/mol. The maximum Gasteiger partial charge on any atom is 0.261 e. The van der Waals surface area contributed by atoms with Gasteiger partial charge in [-0.05, 0) is 42.5 Å². The number of nitrogens with one attached hydrogen (secondary N) is 1. The lowest BCUT2D eigenvalue weighted by atomic mass is 10.2. The number of nitrogens with zero attached hydrogens (tertiary/aromatic N) is 1. The van der Waals surface area contributed by atoms with Gasteiger partial charge in [0.25, 0.3) is 10.0 Å². The third-order valence-electron chi connectivity index (χ3n) is 3.56. The van der Waals surface area contributed by atoms with Crippen molar-refractivity contribution in [1.29, 1.82) is 0 Å². The van der Waals surface area contributed by atoms with E-state index in [1.165, 1.54) is 18.2 Å². The van der Waals surface area contributed by atoms with Crippen LogP contribution in [-0.2, 0) is 20.0 Å². The van der Waals surface area contributed by atoms with Crippen LogP contribution in [0.25, 0.3) is 0 Å². The summed E-state index contributed by atoms with van der Waals surface area (Å²) >= 11 is 0. The predicted octanol–water partition coefficient (Wildman–Crippen LogP) is 1.78. The molecular weight excluding hydrogens is 371 g/mol. The summed E-state index contributed by atoms with van der Waals surface area (Å²) in [7, 11) is -7.46. The van der Waals surface area contributed by atoms with Crippen LogP contribution in [0.15, 0.2) is 47.4 Å². The van der Waals surface area contributed by atoms with Crippen molar-refractivity contribution in [3.8, 4) is 5.75 Å². The first-order valence-electron chi connectivity index (χ1n) is 7.20. The summed E-state index contributed by atoms with van der Waals surface area (Å²) in [4.78, 5) is -0.108. The van der Waals surface area contributed by atoms with Gasteiger partial charge in [-0.25, -0.2) is 21.2 Å². The lowest BCUT2D eigenvalue weighted by Gasteiger charge is -2.29. The Morgan fingerprint density at radius 1 is 1.08 bits per heavy atom. The number of hydrogen-bond donors (Lipinski definition) is 1. The van der Waals surface area contributed by atoms with E-state index in [-0.39, 0.29) is 29.4 Å². The topological polar surface area (TPSA) is 92.8 Å². The molecule has 0 aliphatic carbocycles. The van der Waals surface area contributed by atoms with Crippen LogP contribution >= 0.6 is 0 Å². The molecule has 0 spiro atoms. The molecule has 0 saturated heterocycles. The minimum Gasteiger partial charge on any atom is -0.489 e. The van der Waals surface area contributed by atoms with Crippen LogP contribution in [0.2, 0.25) is 0 Å². The highest BCUT2D eigenvalue weighted by Gasteiger charge is 2.26. The van der Waals surface area contributed by atoms with Gasteiger partial charge in [0.2, 0.25) is 10.0 Å². The summed E-state index contributed by atoms with van der Waals surface area (Å²) in [5, 5.41) is 0. The minimum absolute atomic E-state index is 0.108. The Balaban J connectivity index is 1.95. The standard InChI is InChI=1S/C15H15FN2O5S2/c1-24(19,20)18-8-9-23-15-7-4-12(10-14(15)18)17-25(21,22)13-5-2-11(16)3-6-13/h2-7,10,17H,8-9H2,1H3.